The van der Waals surface area contributed by atoms with E-state index in [4.69, 9.17) is 9.73 Å². The fourth-order valence-corrected chi connectivity index (χ4v) is 10.7. The van der Waals surface area contributed by atoms with Crippen LogP contribution in [-0.4, -0.2) is 95.6 Å². The van der Waals surface area contributed by atoms with Crippen molar-refractivity contribution in [2.24, 2.45) is 10.4 Å². The monoisotopic (exact) mass is 960 g/mol. The number of nitrogens with zero attached hydrogens (tertiary/aromatic N) is 6. The van der Waals surface area contributed by atoms with Gasteiger partial charge in [-0.15, -0.1) is 32.9 Å². The highest BCUT2D eigenvalue weighted by molar-refractivity contribution is 7.15. The quantitative estimate of drug-likeness (QED) is 0.0893. The summed E-state index contributed by atoms with van der Waals surface area (Å²) < 4.78 is 22.9. The molecule has 4 N–H and O–H groups in total. The van der Waals surface area contributed by atoms with Crippen molar-refractivity contribution in [2.75, 3.05) is 13.2 Å². The van der Waals surface area contributed by atoms with Crippen molar-refractivity contribution in [3.8, 4) is 32.3 Å². The molecule has 1 fully saturated rings. The number of hydrogen-bond donors (Lipinski definition) is 4. The van der Waals surface area contributed by atoms with E-state index in [0.29, 0.717) is 28.5 Å². The van der Waals surface area contributed by atoms with Crippen LogP contribution in [-0.2, 0) is 19.2 Å². The van der Waals surface area contributed by atoms with Gasteiger partial charge in [0, 0.05) is 35.0 Å². The van der Waals surface area contributed by atoms with Gasteiger partial charge in [-0.2, -0.15) is 0 Å². The molecule has 0 aliphatic carbocycles. The number of aliphatic imine (C=N–C) groups is 1. The predicted molar refractivity (Wildman–Crippen MR) is 258 cm³/mol. The zero-order valence-electron chi connectivity index (χ0n) is 39.0. The molecule has 18 heteroatoms. The third kappa shape index (κ3) is 9.84. The minimum absolute atomic E-state index is 0.0354. The number of carbonyl (C=O) groups is 4. The number of thiophene rings is 1. The highest BCUT2D eigenvalue weighted by atomic mass is 32.1. The molecule has 1 saturated heterocycles. The summed E-state index contributed by atoms with van der Waals surface area (Å²) in [6.45, 7) is 14.4. The van der Waals surface area contributed by atoms with Crippen LogP contribution < -0.4 is 15.4 Å². The Hall–Kier alpha value is -6.63. The van der Waals surface area contributed by atoms with E-state index in [9.17, 15) is 29.4 Å². The van der Waals surface area contributed by atoms with Crippen LogP contribution in [0.15, 0.2) is 77.2 Å². The molecular formula is C50H53FN8O7S2. The lowest BCUT2D eigenvalue weighted by molar-refractivity contribution is -0.144. The van der Waals surface area contributed by atoms with Gasteiger partial charge in [0.05, 0.1) is 40.4 Å². The molecule has 0 radical (unpaired) electrons. The Morgan fingerprint density at radius 1 is 0.926 bits per heavy atom. The van der Waals surface area contributed by atoms with Gasteiger partial charge in [0.2, 0.25) is 11.8 Å². The number of carboxylic acid groups (broad SMARTS) is 1. The molecule has 354 valence electrons. The predicted octanol–water partition coefficient (Wildman–Crippen LogP) is 7.61. The zero-order chi connectivity index (χ0) is 48.8. The minimum Gasteiger partial charge on any atom is -0.484 e. The first-order valence-corrected chi connectivity index (χ1v) is 23.9. The number of hydrogen-bond acceptors (Lipinski definition) is 12. The van der Waals surface area contributed by atoms with E-state index in [1.807, 2.05) is 87.7 Å². The van der Waals surface area contributed by atoms with Crippen LogP contribution in [0.4, 0.5) is 4.39 Å². The molecule has 3 amide bonds. The summed E-state index contributed by atoms with van der Waals surface area (Å²) in [4.78, 5) is 66.3. The number of aromatic nitrogens is 4. The number of rotatable bonds is 13. The Morgan fingerprint density at radius 2 is 1.62 bits per heavy atom. The van der Waals surface area contributed by atoms with Crippen LogP contribution >= 0.6 is 22.7 Å². The number of halogens is 1. The number of aryl methyl sites for hydroxylation is 3. The average Bonchev–Trinajstić information content (AvgIpc) is 4.06. The topological polar surface area (TPSA) is 201 Å². The molecule has 6 aromatic rings. The molecule has 0 spiro atoms. The molecule has 0 saturated carbocycles. The van der Waals surface area contributed by atoms with E-state index in [1.54, 1.807) is 55.0 Å². The number of ether oxygens (including phenoxy) is 1. The van der Waals surface area contributed by atoms with Crippen LogP contribution in [0.1, 0.15) is 97.1 Å². The van der Waals surface area contributed by atoms with Gasteiger partial charge in [-0.05, 0) is 80.0 Å². The average molecular weight is 961 g/mol. The van der Waals surface area contributed by atoms with Crippen molar-refractivity contribution < 1.29 is 38.5 Å². The fraction of sp³-hybridized carbons (Fsp3) is 0.360. The van der Waals surface area contributed by atoms with E-state index in [-0.39, 0.29) is 25.1 Å². The number of aliphatic hydroxyl groups is 1. The minimum atomic E-state index is -1.10. The van der Waals surface area contributed by atoms with Gasteiger partial charge in [-0.25, -0.2) is 9.37 Å². The van der Waals surface area contributed by atoms with Crippen molar-refractivity contribution in [1.29, 1.82) is 0 Å². The third-order valence-electron chi connectivity index (χ3n) is 12.4. The second kappa shape index (κ2) is 19.2. The van der Waals surface area contributed by atoms with E-state index in [2.05, 4.69) is 25.8 Å². The second-order valence-electron chi connectivity index (χ2n) is 18.4. The van der Waals surface area contributed by atoms with E-state index >= 15 is 4.39 Å². The lowest BCUT2D eigenvalue weighted by Crippen LogP contribution is -2.58. The number of likely N-dealkylation sites (tertiary alicyclic amines) is 1. The van der Waals surface area contributed by atoms with E-state index in [1.165, 1.54) is 11.0 Å². The summed E-state index contributed by atoms with van der Waals surface area (Å²) in [7, 11) is 0. The highest BCUT2D eigenvalue weighted by Gasteiger charge is 2.45. The van der Waals surface area contributed by atoms with Crippen LogP contribution in [0.3, 0.4) is 0 Å². The second-order valence-corrected chi connectivity index (χ2v) is 20.5. The lowest BCUT2D eigenvalue weighted by atomic mass is 9.85. The zero-order valence-corrected chi connectivity index (χ0v) is 40.6. The van der Waals surface area contributed by atoms with Crippen molar-refractivity contribution in [2.45, 2.75) is 98.5 Å². The Bertz CT molecular complexity index is 2940. The van der Waals surface area contributed by atoms with Crippen molar-refractivity contribution in [3.63, 3.8) is 0 Å². The summed E-state index contributed by atoms with van der Waals surface area (Å²) >= 11 is 3.12. The SMILES string of the molecule is Cc1ncsc1-c1ccc([C@H](C)NC(=O)[C@@H]2C[C@@H](O)CN2C(=O)[C@@H](NC(=O)COc2cc(F)cc(-c3ccc(C4=N[C@@H](CC(=O)O)c5nnc(C)n5-c5sc(C)c(C)c54)cc3)c2)C(C)(C)C)cc1. The number of amides is 3. The first-order valence-electron chi connectivity index (χ1n) is 22.2. The summed E-state index contributed by atoms with van der Waals surface area (Å²) in [5.74, 6) is -2.06. The van der Waals surface area contributed by atoms with Crippen LogP contribution in [0.2, 0.25) is 0 Å². The fourth-order valence-electron chi connectivity index (χ4n) is 8.69. The number of aliphatic carboxylic acids is 1. The number of aliphatic hydroxyl groups excluding tert-OH is 1. The van der Waals surface area contributed by atoms with E-state index in [0.717, 1.165) is 54.3 Å². The van der Waals surface area contributed by atoms with Crippen LogP contribution in [0.25, 0.3) is 26.6 Å². The maximum atomic E-state index is 15.2. The molecule has 5 heterocycles. The van der Waals surface area contributed by atoms with Gasteiger partial charge in [0.25, 0.3) is 5.91 Å². The molecule has 0 unspecified atom stereocenters. The smallest absolute Gasteiger partial charge is 0.306 e. The summed E-state index contributed by atoms with van der Waals surface area (Å²) in [6, 6.07) is 16.0. The van der Waals surface area contributed by atoms with Crippen molar-refractivity contribution >= 4 is 52.1 Å². The number of benzene rings is 3. The van der Waals surface area contributed by atoms with E-state index < -0.39 is 71.8 Å². The number of β-amino-alcohol motifs (C(OH)–C–C–N with tert-alkyl or cyclic N) is 1. The van der Waals surface area contributed by atoms with Crippen LogP contribution in [0.5, 0.6) is 5.75 Å². The van der Waals surface area contributed by atoms with Crippen LogP contribution in [0, 0.1) is 38.9 Å². The van der Waals surface area contributed by atoms with Gasteiger partial charge < -0.3 is 30.5 Å². The highest BCUT2D eigenvalue weighted by Crippen LogP contribution is 2.40. The standard InChI is InChI=1S/C50H53FN8O7S2/c1-25-28(4)68-49-42(25)43(54-38(21-41(62)63)46-57-56-29(5)59(46)49)32-13-11-31(12-14-32)34-17-35(51)19-37(18-34)66-23-40(61)55-45(50(6,7)8)48(65)58-22-36(60)20-39(58)47(64)53-26(2)30-9-15-33(16-10-30)44-27(3)52-24-67-44/h9-19,24,26,36,38-39,45,60H,20-23H2,1-8H3,(H,53,64)(H,55,61)(H,62,63)/t26-,36+,38-,39-,45+/m0/s1. The van der Waals surface area contributed by atoms with Gasteiger partial charge in [-0.1, -0.05) is 69.3 Å². The van der Waals surface area contributed by atoms with Crippen molar-refractivity contribution in [1.82, 2.24) is 35.3 Å². The lowest BCUT2D eigenvalue weighted by Gasteiger charge is -2.35. The summed E-state index contributed by atoms with van der Waals surface area (Å²) in [6.07, 6.45) is -1.19. The first kappa shape index (κ1) is 47.8. The van der Waals surface area contributed by atoms with Gasteiger partial charge >= 0.3 is 5.97 Å². The Balaban J connectivity index is 0.941. The number of fused-ring (bicyclic) bond motifs is 3. The molecule has 2 aliphatic rings. The molecule has 3 aromatic heterocycles. The molecule has 15 nitrogen and oxygen atoms in total. The van der Waals surface area contributed by atoms with Crippen molar-refractivity contribution in [3.05, 3.63) is 123 Å². The number of thiazole rings is 1. The number of carbonyl (C=O) groups excluding carboxylic acids is 3. The summed E-state index contributed by atoms with van der Waals surface area (Å²) in [5, 5.41) is 35.8. The maximum absolute atomic E-state index is 15.2. The molecule has 68 heavy (non-hydrogen) atoms. The molecule has 5 atom stereocenters. The van der Waals surface area contributed by atoms with Gasteiger partial charge in [-0.3, -0.25) is 28.7 Å². The Morgan fingerprint density at radius 3 is 2.28 bits per heavy atom. The molecule has 8 rings (SSSR count). The van der Waals surface area contributed by atoms with Gasteiger partial charge in [0.15, 0.2) is 12.4 Å². The Labute approximate surface area is 401 Å². The molecule has 2 aliphatic heterocycles. The Kier molecular flexibility index (Phi) is 13.5. The van der Waals surface area contributed by atoms with Gasteiger partial charge in [0.1, 0.15) is 40.5 Å². The largest absolute Gasteiger partial charge is 0.484 e. The molecule has 3 aromatic carbocycles. The third-order valence-corrected chi connectivity index (χ3v) is 14.6. The number of nitrogens with one attached hydrogen (secondary N) is 2. The first-order chi connectivity index (χ1) is 32.3. The maximum Gasteiger partial charge on any atom is 0.306 e. The molecular weight excluding hydrogens is 908 g/mol. The molecule has 0 bridgehead atoms. The normalized spacial score (nSPS) is 17.6. The number of carboxylic acids is 1. The summed E-state index contributed by atoms with van der Waals surface area (Å²) in [5.41, 5.74) is 8.14.